The molecule has 2 aliphatic rings. The van der Waals surface area contributed by atoms with Crippen molar-refractivity contribution in [2.75, 3.05) is 65.7 Å². The van der Waals surface area contributed by atoms with Crippen LogP contribution in [-0.4, -0.2) is 118 Å². The maximum atomic E-state index is 15.7. The van der Waals surface area contributed by atoms with E-state index < -0.39 is 72.4 Å². The Bertz CT molecular complexity index is 1530. The molecule has 2 fully saturated rings. The van der Waals surface area contributed by atoms with Gasteiger partial charge in [0.2, 0.25) is 0 Å². The number of benzene rings is 1. The third-order valence-corrected chi connectivity index (χ3v) is 12.2. The van der Waals surface area contributed by atoms with Crippen molar-refractivity contribution in [3.8, 4) is 0 Å². The van der Waals surface area contributed by atoms with Crippen molar-refractivity contribution in [3.63, 3.8) is 0 Å². The van der Waals surface area contributed by atoms with Gasteiger partial charge in [-0.15, -0.1) is 11.8 Å². The summed E-state index contributed by atoms with van der Waals surface area (Å²) in [6.45, 7) is 3.28. The van der Waals surface area contributed by atoms with Gasteiger partial charge in [-0.2, -0.15) is 57.1 Å². The molecule has 1 aromatic rings. The van der Waals surface area contributed by atoms with Crippen LogP contribution in [0, 0.1) is 35.5 Å². The van der Waals surface area contributed by atoms with Crippen LogP contribution in [0.5, 0.6) is 0 Å². The molecule has 0 aliphatic heterocycles. The van der Waals surface area contributed by atoms with Crippen LogP contribution in [0.25, 0.3) is 0 Å². The number of hydrogen-bond donors (Lipinski definition) is 1. The maximum absolute atomic E-state index is 15.7. The second-order valence-electron chi connectivity index (χ2n) is 15.0. The van der Waals surface area contributed by atoms with Crippen LogP contribution in [0.15, 0.2) is 54.8 Å². The predicted octanol–water partition coefficient (Wildman–Crippen LogP) is 10.2. The van der Waals surface area contributed by atoms with Crippen LogP contribution in [-0.2, 0) is 34.9 Å². The van der Waals surface area contributed by atoms with Gasteiger partial charge in [0.25, 0.3) is 0 Å². The Hall–Kier alpha value is -2.75. The molecule has 1 N–H and O–H groups in total. The molecular formula is C40H51F13O7S. The highest BCUT2D eigenvalue weighted by Crippen LogP contribution is 2.63. The van der Waals surface area contributed by atoms with E-state index in [0.717, 1.165) is 17.9 Å². The van der Waals surface area contributed by atoms with E-state index >= 15 is 17.6 Å². The minimum atomic E-state index is -7.98. The van der Waals surface area contributed by atoms with E-state index in [4.69, 9.17) is 23.7 Å². The molecule has 7 nitrogen and oxygen atoms in total. The summed E-state index contributed by atoms with van der Waals surface area (Å²) in [6.07, 6.45) is -3.03. The molecule has 3 rings (SSSR count). The number of carbonyl (C=O) groups is 1. The quantitative estimate of drug-likeness (QED) is 0.0405. The highest BCUT2D eigenvalue weighted by Gasteiger charge is 2.91. The largest absolute Gasteiger partial charge is 0.502 e. The fraction of sp³-hybridized carbons (Fsp3) is 0.725. The Morgan fingerprint density at radius 3 is 1.90 bits per heavy atom. The molecule has 2 saturated carbocycles. The fourth-order valence-electron chi connectivity index (χ4n) is 7.60. The van der Waals surface area contributed by atoms with E-state index in [9.17, 15) is 49.4 Å². The molecule has 2 aliphatic carbocycles. The molecule has 0 bridgehead atoms. The first-order valence-corrected chi connectivity index (χ1v) is 20.5. The predicted molar refractivity (Wildman–Crippen MR) is 198 cm³/mol. The molecule has 61 heavy (non-hydrogen) atoms. The number of aliphatic carboxylic acids is 1. The summed E-state index contributed by atoms with van der Waals surface area (Å²) < 4.78 is 211. The number of rotatable bonds is 27. The van der Waals surface area contributed by atoms with E-state index in [0.29, 0.717) is 39.1 Å². The Morgan fingerprint density at radius 1 is 0.738 bits per heavy atom. The van der Waals surface area contributed by atoms with Crippen molar-refractivity contribution < 1.29 is 90.7 Å². The van der Waals surface area contributed by atoms with Crippen LogP contribution in [0.1, 0.15) is 38.2 Å². The van der Waals surface area contributed by atoms with E-state index in [-0.39, 0.29) is 61.8 Å². The highest BCUT2D eigenvalue weighted by atomic mass is 32.2. The third kappa shape index (κ3) is 13.2. The summed E-state index contributed by atoms with van der Waals surface area (Å²) in [7, 11) is 1.53. The van der Waals surface area contributed by atoms with Gasteiger partial charge in [0.1, 0.15) is 0 Å². The van der Waals surface area contributed by atoms with Crippen LogP contribution >= 0.6 is 11.8 Å². The van der Waals surface area contributed by atoms with Crippen molar-refractivity contribution in [3.05, 3.63) is 60.4 Å². The summed E-state index contributed by atoms with van der Waals surface area (Å²) in [6, 6.07) is 9.24. The van der Waals surface area contributed by atoms with Crippen LogP contribution in [0.4, 0.5) is 57.1 Å². The summed E-state index contributed by atoms with van der Waals surface area (Å²) in [5.41, 5.74) is 0.937. The first kappa shape index (κ1) is 52.6. The Kier molecular flexibility index (Phi) is 19.6. The summed E-state index contributed by atoms with van der Waals surface area (Å²) in [4.78, 5) is 11.6. The third-order valence-electron chi connectivity index (χ3n) is 10.8. The lowest BCUT2D eigenvalue weighted by molar-refractivity contribution is -0.443. The molecule has 7 atom stereocenters. The van der Waals surface area contributed by atoms with Crippen LogP contribution in [0.2, 0.25) is 0 Å². The minimum Gasteiger partial charge on any atom is -0.502 e. The lowest BCUT2D eigenvalue weighted by Gasteiger charge is -2.42. The molecule has 0 saturated heterocycles. The van der Waals surface area contributed by atoms with Gasteiger partial charge in [-0.25, -0.2) is 0 Å². The van der Waals surface area contributed by atoms with E-state index in [1.165, 1.54) is 31.9 Å². The fourth-order valence-corrected chi connectivity index (χ4v) is 8.76. The molecule has 0 heterocycles. The van der Waals surface area contributed by atoms with Gasteiger partial charge in [-0.3, -0.25) is 4.79 Å². The van der Waals surface area contributed by atoms with Gasteiger partial charge in [-0.1, -0.05) is 42.5 Å². The maximum Gasteiger partial charge on any atom is 0.460 e. The van der Waals surface area contributed by atoms with Gasteiger partial charge in [0.05, 0.1) is 64.9 Å². The monoisotopic (exact) mass is 922 g/mol. The summed E-state index contributed by atoms with van der Waals surface area (Å²) in [5.74, 6) is -45.2. The minimum absolute atomic E-state index is 0.0711. The average molecular weight is 923 g/mol. The first-order chi connectivity index (χ1) is 28.5. The second kappa shape index (κ2) is 22.7. The Labute approximate surface area is 349 Å². The van der Waals surface area contributed by atoms with Crippen molar-refractivity contribution in [2.45, 2.75) is 80.1 Å². The van der Waals surface area contributed by atoms with Gasteiger partial charge in [-0.05, 0) is 80.3 Å². The number of methoxy groups -OCH3 is 1. The van der Waals surface area contributed by atoms with E-state index in [1.54, 1.807) is 6.08 Å². The van der Waals surface area contributed by atoms with Crippen LogP contribution in [0.3, 0.4) is 0 Å². The molecule has 21 heteroatoms. The second-order valence-corrected chi connectivity index (χ2v) is 16.2. The van der Waals surface area contributed by atoms with Crippen molar-refractivity contribution in [2.24, 2.45) is 35.5 Å². The van der Waals surface area contributed by atoms with Gasteiger partial charge < -0.3 is 28.8 Å². The zero-order chi connectivity index (χ0) is 45.7. The van der Waals surface area contributed by atoms with E-state index in [1.807, 2.05) is 30.3 Å². The molecular weight excluding hydrogens is 871 g/mol. The van der Waals surface area contributed by atoms with Gasteiger partial charge in [0, 0.05) is 18.3 Å². The van der Waals surface area contributed by atoms with Crippen molar-refractivity contribution in [1.82, 2.24) is 0 Å². The first-order valence-electron chi connectivity index (χ1n) is 19.5. The number of carboxylic acid groups (broad SMARTS) is 1. The Morgan fingerprint density at radius 2 is 1.33 bits per heavy atom. The lowest BCUT2D eigenvalue weighted by Crippen LogP contribution is -2.71. The zero-order valence-electron chi connectivity index (χ0n) is 33.4. The van der Waals surface area contributed by atoms with E-state index in [2.05, 4.69) is 0 Å². The van der Waals surface area contributed by atoms with Crippen molar-refractivity contribution >= 4 is 17.7 Å². The summed E-state index contributed by atoms with van der Waals surface area (Å²) in [5, 5.41) is 9.25. The molecule has 0 radical (unpaired) electrons. The molecule has 0 amide bonds. The number of allylic oxidation sites excluding steroid dienone is 3. The van der Waals surface area contributed by atoms with Crippen molar-refractivity contribution in [1.29, 1.82) is 0 Å². The molecule has 1 aromatic carbocycles. The number of thioether (sulfide) groups is 1. The van der Waals surface area contributed by atoms with Gasteiger partial charge in [0.15, 0.2) is 0 Å². The van der Waals surface area contributed by atoms with Gasteiger partial charge >= 0.3 is 41.8 Å². The number of hydrogen-bond acceptors (Lipinski definition) is 7. The number of alkyl halides is 13. The SMILES string of the molecule is CCO/C=C\C1CC(/C=C/C2CC(C(Cc3ccccc3)SCC(=O)O)CC2COCCOCCOCCOC)CC1C(F)(F)C(F)(F)C(F)(F)C(F)(F)C(F)(F)C(F)(F)F. The standard InChI is InChI=1S/C40H51F13O7S/c1-3-57-12-11-29-19-27(20-32(29)35(41,42)36(43,44)37(45,46)38(47,48)39(49,50)40(51,52)53)9-10-28-22-30(33(61-25-34(54)55)21-26-7-5-4-6-8-26)23-31(28)24-60-18-17-59-16-15-58-14-13-56-2/h4-12,27-33H,3,13-25H2,1-2H3,(H,54,55)/b10-9+,12-11-. The molecule has 7 unspecified atom stereocenters. The topological polar surface area (TPSA) is 83.5 Å². The molecule has 350 valence electrons. The van der Waals surface area contributed by atoms with Crippen LogP contribution < -0.4 is 0 Å². The summed E-state index contributed by atoms with van der Waals surface area (Å²) >= 11 is 1.23. The highest BCUT2D eigenvalue weighted by molar-refractivity contribution is 8.00. The lowest BCUT2D eigenvalue weighted by atomic mass is 9.82. The molecule has 0 spiro atoms. The Balaban J connectivity index is 1.88. The average Bonchev–Trinajstić information content (AvgIpc) is 3.80. The number of carboxylic acids is 1. The normalized spacial score (nSPS) is 24.0. The smallest absolute Gasteiger partial charge is 0.460 e. The molecule has 0 aromatic heterocycles. The number of halogens is 13. The zero-order valence-corrected chi connectivity index (χ0v) is 34.2. The number of ether oxygens (including phenoxy) is 5.